The molecule has 4 heteroatoms. The summed E-state index contributed by atoms with van der Waals surface area (Å²) in [5, 5.41) is 12.8. The molecule has 2 N–H and O–H groups in total. The van der Waals surface area contributed by atoms with E-state index in [4.69, 9.17) is 4.74 Å². The topological polar surface area (TPSA) is 58.6 Å². The van der Waals surface area contributed by atoms with Crippen LogP contribution >= 0.6 is 0 Å². The predicted molar refractivity (Wildman–Crippen MR) is 73.6 cm³/mol. The van der Waals surface area contributed by atoms with Crippen LogP contribution in [0.4, 0.5) is 0 Å². The normalized spacial score (nSPS) is 23.1. The number of carbonyl (C=O) groups is 1. The number of aryl methyl sites for hydroxylation is 1. The summed E-state index contributed by atoms with van der Waals surface area (Å²) in [5.74, 6) is 0.142. The van der Waals surface area contributed by atoms with Gasteiger partial charge in [0.05, 0.1) is 12.5 Å². The van der Waals surface area contributed by atoms with Crippen LogP contribution < -0.4 is 10.1 Å². The lowest BCUT2D eigenvalue weighted by Gasteiger charge is -2.34. The molecule has 0 radical (unpaired) electrons. The summed E-state index contributed by atoms with van der Waals surface area (Å²) in [4.78, 5) is 11.6. The summed E-state index contributed by atoms with van der Waals surface area (Å²) in [6.45, 7) is 3.44. The van der Waals surface area contributed by atoms with Gasteiger partial charge in [0, 0.05) is 6.54 Å². The zero-order chi connectivity index (χ0) is 13.9. The molecule has 1 aromatic carbocycles. The van der Waals surface area contributed by atoms with Crippen LogP contribution in [-0.2, 0) is 11.2 Å². The van der Waals surface area contributed by atoms with E-state index in [1.54, 1.807) is 7.11 Å². The molecule has 1 unspecified atom stereocenters. The number of rotatable bonds is 4. The van der Waals surface area contributed by atoms with E-state index in [1.165, 1.54) is 0 Å². The van der Waals surface area contributed by atoms with Crippen LogP contribution in [0.25, 0.3) is 0 Å². The number of aliphatic carboxylic acids is 1. The van der Waals surface area contributed by atoms with Crippen LogP contribution in [-0.4, -0.2) is 31.3 Å². The standard InChI is InChI=1S/C15H21NO3/c1-11-8-12(4-5-13(11)19-2)9-15(14(17)18)6-3-7-16-10-15/h4-5,8,16H,3,6-7,9-10H2,1-2H3,(H,17,18). The van der Waals surface area contributed by atoms with Crippen molar-refractivity contribution in [3.05, 3.63) is 29.3 Å². The molecule has 1 aliphatic heterocycles. The van der Waals surface area contributed by atoms with Gasteiger partial charge in [0.2, 0.25) is 0 Å². The first kappa shape index (κ1) is 13.9. The number of carboxylic acid groups (broad SMARTS) is 1. The lowest BCUT2D eigenvalue weighted by Crippen LogP contribution is -2.47. The summed E-state index contributed by atoms with van der Waals surface area (Å²) >= 11 is 0. The fraction of sp³-hybridized carbons (Fsp3) is 0.533. The van der Waals surface area contributed by atoms with Gasteiger partial charge in [-0.15, -0.1) is 0 Å². The largest absolute Gasteiger partial charge is 0.496 e. The highest BCUT2D eigenvalue weighted by atomic mass is 16.5. The molecule has 0 aliphatic carbocycles. The van der Waals surface area contributed by atoms with Gasteiger partial charge in [-0.1, -0.05) is 12.1 Å². The second kappa shape index (κ2) is 5.61. The van der Waals surface area contributed by atoms with Crippen LogP contribution in [0.5, 0.6) is 5.75 Å². The third-order valence-electron chi connectivity index (χ3n) is 3.93. The van der Waals surface area contributed by atoms with Crippen molar-refractivity contribution in [1.82, 2.24) is 5.32 Å². The van der Waals surface area contributed by atoms with E-state index in [-0.39, 0.29) is 0 Å². The van der Waals surface area contributed by atoms with E-state index in [0.717, 1.165) is 36.3 Å². The van der Waals surface area contributed by atoms with Crippen molar-refractivity contribution in [3.8, 4) is 5.75 Å². The highest BCUT2D eigenvalue weighted by molar-refractivity contribution is 5.75. The minimum Gasteiger partial charge on any atom is -0.496 e. The number of hydrogen-bond acceptors (Lipinski definition) is 3. The molecule has 0 bridgehead atoms. The monoisotopic (exact) mass is 263 g/mol. The van der Waals surface area contributed by atoms with Gasteiger partial charge in [0.15, 0.2) is 0 Å². The van der Waals surface area contributed by atoms with Gasteiger partial charge in [-0.2, -0.15) is 0 Å². The Morgan fingerprint density at radius 2 is 2.32 bits per heavy atom. The molecule has 4 nitrogen and oxygen atoms in total. The van der Waals surface area contributed by atoms with Gasteiger partial charge in [0.25, 0.3) is 0 Å². The lowest BCUT2D eigenvalue weighted by atomic mass is 9.75. The maximum absolute atomic E-state index is 11.6. The number of carboxylic acids is 1. The average molecular weight is 263 g/mol. The van der Waals surface area contributed by atoms with E-state index >= 15 is 0 Å². The molecule has 0 spiro atoms. The van der Waals surface area contributed by atoms with Gasteiger partial charge in [-0.05, 0) is 49.9 Å². The summed E-state index contributed by atoms with van der Waals surface area (Å²) < 4.78 is 5.23. The van der Waals surface area contributed by atoms with E-state index in [2.05, 4.69) is 5.32 Å². The third kappa shape index (κ3) is 2.89. The Bertz CT molecular complexity index is 464. The van der Waals surface area contributed by atoms with Gasteiger partial charge in [-0.25, -0.2) is 0 Å². The molecule has 0 amide bonds. The maximum Gasteiger partial charge on any atom is 0.311 e. The smallest absolute Gasteiger partial charge is 0.311 e. The molecule has 0 aromatic heterocycles. The molecular weight excluding hydrogens is 242 g/mol. The molecule has 2 rings (SSSR count). The third-order valence-corrected chi connectivity index (χ3v) is 3.93. The average Bonchev–Trinajstić information content (AvgIpc) is 2.40. The first-order valence-corrected chi connectivity index (χ1v) is 6.65. The molecule has 1 aliphatic rings. The number of hydrogen-bond donors (Lipinski definition) is 2. The van der Waals surface area contributed by atoms with Crippen LogP contribution in [0.2, 0.25) is 0 Å². The molecule has 1 aromatic rings. The van der Waals surface area contributed by atoms with E-state index in [9.17, 15) is 9.90 Å². The first-order chi connectivity index (χ1) is 9.07. The fourth-order valence-electron chi connectivity index (χ4n) is 2.82. The Kier molecular flexibility index (Phi) is 4.10. The van der Waals surface area contributed by atoms with Crippen LogP contribution in [0.15, 0.2) is 18.2 Å². The number of ether oxygens (including phenoxy) is 1. The van der Waals surface area contributed by atoms with Crippen molar-refractivity contribution in [2.75, 3.05) is 20.2 Å². The summed E-state index contributed by atoms with van der Waals surface area (Å²) in [7, 11) is 1.64. The zero-order valence-electron chi connectivity index (χ0n) is 11.5. The second-order valence-corrected chi connectivity index (χ2v) is 5.35. The van der Waals surface area contributed by atoms with Gasteiger partial charge >= 0.3 is 5.97 Å². The van der Waals surface area contributed by atoms with Crippen molar-refractivity contribution in [2.45, 2.75) is 26.2 Å². The van der Waals surface area contributed by atoms with Crippen LogP contribution in [0, 0.1) is 12.3 Å². The Hall–Kier alpha value is -1.55. The lowest BCUT2D eigenvalue weighted by molar-refractivity contribution is -0.150. The van der Waals surface area contributed by atoms with E-state index in [1.807, 2.05) is 25.1 Å². The Labute approximate surface area is 113 Å². The highest BCUT2D eigenvalue weighted by Gasteiger charge is 2.39. The zero-order valence-corrected chi connectivity index (χ0v) is 11.5. The molecular formula is C15H21NO3. The summed E-state index contributed by atoms with van der Waals surface area (Å²) in [6, 6.07) is 5.90. The fourth-order valence-corrected chi connectivity index (χ4v) is 2.82. The van der Waals surface area contributed by atoms with Crippen LogP contribution in [0.1, 0.15) is 24.0 Å². The minimum atomic E-state index is -0.701. The molecule has 1 fully saturated rings. The number of piperidine rings is 1. The molecule has 0 saturated carbocycles. The van der Waals surface area contributed by atoms with Gasteiger partial charge in [0.1, 0.15) is 5.75 Å². The predicted octanol–water partition coefficient (Wildman–Crippen LogP) is 2.00. The van der Waals surface area contributed by atoms with Crippen molar-refractivity contribution in [2.24, 2.45) is 5.41 Å². The number of nitrogens with one attached hydrogen (secondary N) is 1. The van der Waals surface area contributed by atoms with Crippen molar-refractivity contribution in [1.29, 1.82) is 0 Å². The molecule has 19 heavy (non-hydrogen) atoms. The Balaban J connectivity index is 2.22. The minimum absolute atomic E-state index is 0.549. The number of methoxy groups -OCH3 is 1. The van der Waals surface area contributed by atoms with Crippen molar-refractivity contribution in [3.63, 3.8) is 0 Å². The van der Waals surface area contributed by atoms with Gasteiger partial charge < -0.3 is 15.2 Å². The molecule has 1 saturated heterocycles. The van der Waals surface area contributed by atoms with Crippen molar-refractivity contribution >= 4 is 5.97 Å². The van der Waals surface area contributed by atoms with E-state index < -0.39 is 11.4 Å². The SMILES string of the molecule is COc1ccc(CC2(C(=O)O)CCCNC2)cc1C. The molecule has 1 atom stereocenters. The Morgan fingerprint density at radius 1 is 1.53 bits per heavy atom. The first-order valence-electron chi connectivity index (χ1n) is 6.65. The Morgan fingerprint density at radius 3 is 2.84 bits per heavy atom. The molecule has 104 valence electrons. The quantitative estimate of drug-likeness (QED) is 0.872. The van der Waals surface area contributed by atoms with E-state index in [0.29, 0.717) is 13.0 Å². The number of benzene rings is 1. The second-order valence-electron chi connectivity index (χ2n) is 5.35. The van der Waals surface area contributed by atoms with Crippen LogP contribution in [0.3, 0.4) is 0 Å². The highest BCUT2D eigenvalue weighted by Crippen LogP contribution is 2.32. The summed E-state index contributed by atoms with van der Waals surface area (Å²) in [5.41, 5.74) is 1.44. The maximum atomic E-state index is 11.6. The summed E-state index contributed by atoms with van der Waals surface area (Å²) in [6.07, 6.45) is 2.22. The molecule has 1 heterocycles. The van der Waals surface area contributed by atoms with Gasteiger partial charge in [-0.3, -0.25) is 4.79 Å². The van der Waals surface area contributed by atoms with Crippen molar-refractivity contribution < 1.29 is 14.6 Å².